The van der Waals surface area contributed by atoms with Gasteiger partial charge in [-0.25, -0.2) is 4.79 Å². The van der Waals surface area contributed by atoms with Gasteiger partial charge in [0.1, 0.15) is 6.07 Å². The molecule has 0 saturated heterocycles. The lowest BCUT2D eigenvalue weighted by Gasteiger charge is -2.11. The highest BCUT2D eigenvalue weighted by Gasteiger charge is 2.16. The maximum absolute atomic E-state index is 12.6. The summed E-state index contributed by atoms with van der Waals surface area (Å²) in [4.78, 5) is 37.6. The summed E-state index contributed by atoms with van der Waals surface area (Å²) in [5.41, 5.74) is 2.48. The van der Waals surface area contributed by atoms with Crippen LogP contribution < -0.4 is 10.6 Å². The number of carbonyl (C=O) groups excluding carboxylic acids is 3. The summed E-state index contributed by atoms with van der Waals surface area (Å²) in [5.74, 6) is -1.45. The Bertz CT molecular complexity index is 1260. The second-order valence-corrected chi connectivity index (χ2v) is 8.58. The van der Waals surface area contributed by atoms with Crippen molar-refractivity contribution < 1.29 is 19.1 Å². The van der Waals surface area contributed by atoms with E-state index < -0.39 is 18.5 Å². The largest absolute Gasteiger partial charge is 0.452 e. The van der Waals surface area contributed by atoms with Crippen LogP contribution in [0, 0.1) is 18.3 Å². The molecule has 0 aliphatic rings. The van der Waals surface area contributed by atoms with Gasteiger partial charge in [0.15, 0.2) is 6.61 Å². The van der Waals surface area contributed by atoms with Gasteiger partial charge in [0.25, 0.3) is 5.91 Å². The van der Waals surface area contributed by atoms with Crippen molar-refractivity contribution in [1.82, 2.24) is 0 Å². The number of aryl methyl sites for hydroxylation is 1. The Morgan fingerprint density at radius 3 is 2.47 bits per heavy atom. The normalized spacial score (nSPS) is 10.1. The molecule has 2 amide bonds. The van der Waals surface area contributed by atoms with Gasteiger partial charge in [0.05, 0.1) is 22.6 Å². The molecule has 0 fully saturated rings. The molecular formula is C25H20ClN3O4S. The van der Waals surface area contributed by atoms with E-state index in [1.165, 1.54) is 30.0 Å². The lowest BCUT2D eigenvalue weighted by Crippen LogP contribution is -2.21. The summed E-state index contributed by atoms with van der Waals surface area (Å²) in [7, 11) is 0. The second kappa shape index (κ2) is 11.9. The van der Waals surface area contributed by atoms with Gasteiger partial charge in [-0.05, 0) is 49.4 Å². The molecule has 0 radical (unpaired) electrons. The highest BCUT2D eigenvalue weighted by molar-refractivity contribution is 8.00. The third-order valence-electron chi connectivity index (χ3n) is 4.51. The number of anilines is 2. The van der Waals surface area contributed by atoms with Crippen molar-refractivity contribution in [3.63, 3.8) is 0 Å². The number of nitrogens with one attached hydrogen (secondary N) is 2. The molecule has 0 saturated carbocycles. The minimum absolute atomic E-state index is 0.0877. The third-order valence-corrected chi connectivity index (χ3v) is 5.82. The molecule has 0 bridgehead atoms. The molecular weight excluding hydrogens is 474 g/mol. The van der Waals surface area contributed by atoms with E-state index in [0.717, 1.165) is 5.56 Å². The maximum Gasteiger partial charge on any atom is 0.339 e. The molecule has 172 valence electrons. The van der Waals surface area contributed by atoms with Crippen molar-refractivity contribution in [1.29, 1.82) is 5.26 Å². The fraction of sp³-hybridized carbons (Fsp3) is 0.120. The van der Waals surface area contributed by atoms with Crippen molar-refractivity contribution in [2.45, 2.75) is 11.8 Å². The van der Waals surface area contributed by atoms with E-state index in [0.29, 0.717) is 15.6 Å². The number of amides is 2. The summed E-state index contributed by atoms with van der Waals surface area (Å²) in [6.45, 7) is 1.41. The molecule has 0 aliphatic carbocycles. The molecule has 9 heteroatoms. The van der Waals surface area contributed by atoms with Crippen molar-refractivity contribution in [3.8, 4) is 6.07 Å². The number of esters is 1. The zero-order chi connectivity index (χ0) is 24.5. The molecule has 3 aromatic rings. The minimum atomic E-state index is -0.705. The van der Waals surface area contributed by atoms with E-state index in [1.807, 2.05) is 37.3 Å². The number of nitriles is 1. The highest BCUT2D eigenvalue weighted by Crippen LogP contribution is 2.24. The molecule has 0 heterocycles. The summed E-state index contributed by atoms with van der Waals surface area (Å²) in [5, 5.41) is 14.8. The third kappa shape index (κ3) is 7.10. The number of benzene rings is 3. The van der Waals surface area contributed by atoms with Crippen LogP contribution in [0.25, 0.3) is 0 Å². The van der Waals surface area contributed by atoms with E-state index in [9.17, 15) is 14.4 Å². The molecule has 3 rings (SSSR count). The quantitative estimate of drug-likeness (QED) is 0.336. The van der Waals surface area contributed by atoms with Crippen LogP contribution in [0.4, 0.5) is 11.4 Å². The van der Waals surface area contributed by atoms with Crippen LogP contribution in [-0.4, -0.2) is 30.1 Å². The van der Waals surface area contributed by atoms with Crippen molar-refractivity contribution in [3.05, 3.63) is 88.4 Å². The van der Waals surface area contributed by atoms with Crippen LogP contribution in [0.3, 0.4) is 0 Å². The fourth-order valence-electron chi connectivity index (χ4n) is 2.85. The summed E-state index contributed by atoms with van der Waals surface area (Å²) in [6.07, 6.45) is 0. The average molecular weight is 494 g/mol. The first-order valence-corrected chi connectivity index (χ1v) is 11.5. The summed E-state index contributed by atoms with van der Waals surface area (Å²) in [6, 6.07) is 20.5. The molecule has 34 heavy (non-hydrogen) atoms. The van der Waals surface area contributed by atoms with Crippen molar-refractivity contribution >= 4 is 52.5 Å². The Morgan fingerprint density at radius 1 is 1.00 bits per heavy atom. The Balaban J connectivity index is 1.56. The minimum Gasteiger partial charge on any atom is -0.452 e. The summed E-state index contributed by atoms with van der Waals surface area (Å²) < 4.78 is 5.14. The van der Waals surface area contributed by atoms with Crippen LogP contribution in [0.2, 0.25) is 5.02 Å². The second-order valence-electron chi connectivity index (χ2n) is 7.13. The molecule has 3 aromatic carbocycles. The van der Waals surface area contributed by atoms with E-state index >= 15 is 0 Å². The SMILES string of the molecule is Cc1ccc(NC(=O)CSc2ccccc2C(=O)OCC(=O)Nc2cc(Cl)ccc2C#N)cc1. The van der Waals surface area contributed by atoms with Gasteiger partial charge in [0, 0.05) is 15.6 Å². The first-order chi connectivity index (χ1) is 16.4. The molecule has 0 aromatic heterocycles. The first-order valence-electron chi connectivity index (χ1n) is 10.1. The molecule has 0 aliphatic heterocycles. The van der Waals surface area contributed by atoms with Gasteiger partial charge < -0.3 is 15.4 Å². The highest BCUT2D eigenvalue weighted by atomic mass is 35.5. The molecule has 7 nitrogen and oxygen atoms in total. The number of nitrogens with zero attached hydrogens (tertiary/aromatic N) is 1. The summed E-state index contributed by atoms with van der Waals surface area (Å²) >= 11 is 7.09. The Hall–Kier alpha value is -3.80. The zero-order valence-corrected chi connectivity index (χ0v) is 19.7. The number of rotatable bonds is 8. The topological polar surface area (TPSA) is 108 Å². The van der Waals surface area contributed by atoms with Crippen LogP contribution in [0.5, 0.6) is 0 Å². The van der Waals surface area contributed by atoms with Crippen LogP contribution in [-0.2, 0) is 14.3 Å². The number of hydrogen-bond acceptors (Lipinski definition) is 6. The van der Waals surface area contributed by atoms with E-state index in [1.54, 1.807) is 24.3 Å². The van der Waals surface area contributed by atoms with E-state index in [4.69, 9.17) is 21.6 Å². The van der Waals surface area contributed by atoms with Gasteiger partial charge in [-0.2, -0.15) is 5.26 Å². The lowest BCUT2D eigenvalue weighted by atomic mass is 10.2. The van der Waals surface area contributed by atoms with Gasteiger partial charge in [-0.1, -0.05) is 41.4 Å². The van der Waals surface area contributed by atoms with Crippen molar-refractivity contribution in [2.24, 2.45) is 0 Å². The predicted molar refractivity (Wildman–Crippen MR) is 132 cm³/mol. The number of hydrogen-bond donors (Lipinski definition) is 2. The Kier molecular flexibility index (Phi) is 8.68. The molecule has 0 atom stereocenters. The monoisotopic (exact) mass is 493 g/mol. The number of thioether (sulfide) groups is 1. The lowest BCUT2D eigenvalue weighted by molar-refractivity contribution is -0.119. The zero-order valence-electron chi connectivity index (χ0n) is 18.1. The molecule has 0 spiro atoms. The molecule has 0 unspecified atom stereocenters. The number of halogens is 1. The van der Waals surface area contributed by atoms with Gasteiger partial charge in [-0.3, -0.25) is 9.59 Å². The van der Waals surface area contributed by atoms with Gasteiger partial charge in [0.2, 0.25) is 5.91 Å². The maximum atomic E-state index is 12.6. The first kappa shape index (κ1) is 24.8. The predicted octanol–water partition coefficient (Wildman–Crippen LogP) is 5.05. The van der Waals surface area contributed by atoms with Crippen LogP contribution in [0.15, 0.2) is 71.6 Å². The van der Waals surface area contributed by atoms with Gasteiger partial charge >= 0.3 is 5.97 Å². The smallest absolute Gasteiger partial charge is 0.339 e. The average Bonchev–Trinajstić information content (AvgIpc) is 2.83. The van der Waals surface area contributed by atoms with E-state index in [2.05, 4.69) is 10.6 Å². The fourth-order valence-corrected chi connectivity index (χ4v) is 3.86. The van der Waals surface area contributed by atoms with Gasteiger partial charge in [-0.15, -0.1) is 11.8 Å². The standard InChI is InChI=1S/C25H20ClN3O4S/c1-16-6-10-19(11-7-16)28-24(31)15-34-22-5-3-2-4-20(22)25(32)33-14-23(30)29-21-12-18(26)9-8-17(21)13-27/h2-12H,14-15H2,1H3,(H,28,31)(H,29,30). The number of ether oxygens (including phenoxy) is 1. The van der Waals surface area contributed by atoms with Crippen LogP contribution >= 0.6 is 23.4 Å². The van der Waals surface area contributed by atoms with Crippen molar-refractivity contribution in [2.75, 3.05) is 23.0 Å². The Morgan fingerprint density at radius 2 is 1.74 bits per heavy atom. The Labute approximate surface area is 206 Å². The van der Waals surface area contributed by atoms with Crippen LogP contribution in [0.1, 0.15) is 21.5 Å². The van der Waals surface area contributed by atoms with E-state index in [-0.39, 0.29) is 28.5 Å². The number of carbonyl (C=O) groups is 3. The molecule has 2 N–H and O–H groups in total.